The minimum absolute atomic E-state index is 0.271. The molecule has 1 fully saturated rings. The minimum Gasteiger partial charge on any atom is -0.396 e. The van der Waals surface area contributed by atoms with Crippen molar-refractivity contribution in [2.75, 3.05) is 23.9 Å². The fourth-order valence-electron chi connectivity index (χ4n) is 2.62. The second kappa shape index (κ2) is 7.02. The molecule has 1 saturated carbocycles. The van der Waals surface area contributed by atoms with Crippen molar-refractivity contribution in [1.29, 1.82) is 0 Å². The van der Waals surface area contributed by atoms with Crippen LogP contribution in [-0.2, 0) is 0 Å². The van der Waals surface area contributed by atoms with E-state index in [9.17, 15) is 5.11 Å². The lowest BCUT2D eigenvalue weighted by molar-refractivity contribution is 0.141. The molecule has 0 aromatic carbocycles. The van der Waals surface area contributed by atoms with E-state index in [1.807, 2.05) is 0 Å². The summed E-state index contributed by atoms with van der Waals surface area (Å²) in [5, 5.41) is 12.7. The number of hydrogen-bond donors (Lipinski definition) is 4. The largest absolute Gasteiger partial charge is 0.396 e. The maximum Gasteiger partial charge on any atom is 0.159 e. The lowest BCUT2D eigenvalue weighted by Crippen LogP contribution is -2.29. The number of hydrogen-bond acceptors (Lipinski definition) is 6. The zero-order valence-electron chi connectivity index (χ0n) is 10.8. The second-order valence-electron chi connectivity index (χ2n) is 4.90. The van der Waals surface area contributed by atoms with Crippen LogP contribution in [0.3, 0.4) is 0 Å². The maximum absolute atomic E-state index is 9.41. The normalized spacial score (nSPS) is 23.1. The Bertz CT molecular complexity index is 417. The number of nitrogens with two attached hydrogens (primary N) is 1. The summed E-state index contributed by atoms with van der Waals surface area (Å²) in [5.74, 6) is 7.55. The van der Waals surface area contributed by atoms with Crippen molar-refractivity contribution >= 4 is 27.6 Å². The molecule has 1 aromatic rings. The number of anilines is 2. The number of rotatable bonds is 5. The zero-order valence-corrected chi connectivity index (χ0v) is 12.4. The predicted octanol–water partition coefficient (Wildman–Crippen LogP) is 1.74. The van der Waals surface area contributed by atoms with Crippen molar-refractivity contribution in [3.05, 3.63) is 10.8 Å². The van der Waals surface area contributed by atoms with Gasteiger partial charge in [0.15, 0.2) is 5.82 Å². The highest BCUT2D eigenvalue weighted by Gasteiger charge is 2.24. The first-order valence-electron chi connectivity index (χ1n) is 6.58. The van der Waals surface area contributed by atoms with E-state index in [0.29, 0.717) is 17.7 Å². The topological polar surface area (TPSA) is 96.1 Å². The van der Waals surface area contributed by atoms with Crippen LogP contribution >= 0.6 is 15.9 Å². The third-order valence-electron chi connectivity index (χ3n) is 3.76. The van der Waals surface area contributed by atoms with Gasteiger partial charge in [0.1, 0.15) is 16.6 Å². The van der Waals surface area contributed by atoms with Crippen molar-refractivity contribution in [2.45, 2.75) is 25.7 Å². The molecule has 0 saturated heterocycles. The van der Waals surface area contributed by atoms with E-state index in [1.165, 1.54) is 19.2 Å². The Balaban J connectivity index is 1.98. The van der Waals surface area contributed by atoms with E-state index in [4.69, 9.17) is 5.84 Å². The molecule has 2 atom stereocenters. The quantitative estimate of drug-likeness (QED) is 0.485. The number of aliphatic hydroxyl groups excluding tert-OH is 1. The molecule has 1 aromatic heterocycles. The molecular formula is C12H20BrN5O. The van der Waals surface area contributed by atoms with Gasteiger partial charge < -0.3 is 15.8 Å². The summed E-state index contributed by atoms with van der Waals surface area (Å²) in [6.07, 6.45) is 6.20. The van der Waals surface area contributed by atoms with Gasteiger partial charge in [0, 0.05) is 13.2 Å². The first-order chi connectivity index (χ1) is 9.26. The minimum atomic E-state index is 0.271. The van der Waals surface area contributed by atoms with Gasteiger partial charge in [-0.2, -0.15) is 0 Å². The standard InChI is InChI=1S/C12H20BrN5O/c13-10-11(16-7-17-12(10)18-14)15-5-8-3-1-2-4-9(8)6-19/h7-9,19H,1-6,14H2,(H2,15,16,17,18). The average Bonchev–Trinajstić information content (AvgIpc) is 2.46. The van der Waals surface area contributed by atoms with Crippen molar-refractivity contribution in [2.24, 2.45) is 17.7 Å². The molecule has 0 amide bonds. The Morgan fingerprint density at radius 3 is 2.63 bits per heavy atom. The number of nitrogens with zero attached hydrogens (tertiary/aromatic N) is 2. The summed E-state index contributed by atoms with van der Waals surface area (Å²) in [5.41, 5.74) is 2.52. The molecule has 106 valence electrons. The number of nitrogens with one attached hydrogen (secondary N) is 2. The smallest absolute Gasteiger partial charge is 0.159 e. The van der Waals surface area contributed by atoms with Crippen LogP contribution in [0, 0.1) is 11.8 Å². The van der Waals surface area contributed by atoms with Gasteiger partial charge in [-0.1, -0.05) is 12.8 Å². The summed E-state index contributed by atoms with van der Waals surface area (Å²) in [6, 6.07) is 0. The molecular weight excluding hydrogens is 310 g/mol. The van der Waals surface area contributed by atoms with Crippen LogP contribution in [0.4, 0.5) is 11.6 Å². The van der Waals surface area contributed by atoms with Gasteiger partial charge in [0.25, 0.3) is 0 Å². The molecule has 1 aliphatic carbocycles. The maximum atomic E-state index is 9.41. The monoisotopic (exact) mass is 329 g/mol. The van der Waals surface area contributed by atoms with Gasteiger partial charge in [-0.3, -0.25) is 0 Å². The fraction of sp³-hybridized carbons (Fsp3) is 0.667. The Kier molecular flexibility index (Phi) is 5.35. The van der Waals surface area contributed by atoms with Crippen LogP contribution in [0.1, 0.15) is 25.7 Å². The van der Waals surface area contributed by atoms with Crippen molar-refractivity contribution in [3.63, 3.8) is 0 Å². The van der Waals surface area contributed by atoms with Crippen LogP contribution < -0.4 is 16.6 Å². The van der Waals surface area contributed by atoms with Gasteiger partial charge >= 0.3 is 0 Å². The van der Waals surface area contributed by atoms with Gasteiger partial charge in [0.2, 0.25) is 0 Å². The number of hydrazine groups is 1. The van der Waals surface area contributed by atoms with Crippen LogP contribution in [0.15, 0.2) is 10.8 Å². The first kappa shape index (κ1) is 14.5. The molecule has 19 heavy (non-hydrogen) atoms. The Morgan fingerprint density at radius 2 is 1.95 bits per heavy atom. The van der Waals surface area contributed by atoms with Gasteiger partial charge in [-0.15, -0.1) is 0 Å². The lowest BCUT2D eigenvalue weighted by Gasteiger charge is -2.30. The zero-order chi connectivity index (χ0) is 13.7. The van der Waals surface area contributed by atoms with E-state index >= 15 is 0 Å². The van der Waals surface area contributed by atoms with E-state index in [2.05, 4.69) is 36.6 Å². The SMILES string of the molecule is NNc1ncnc(NCC2CCCCC2CO)c1Br. The molecule has 2 unspecified atom stereocenters. The predicted molar refractivity (Wildman–Crippen MR) is 78.6 cm³/mol. The van der Waals surface area contributed by atoms with E-state index in [1.54, 1.807) is 0 Å². The fourth-order valence-corrected chi connectivity index (χ4v) is 3.07. The highest BCUT2D eigenvalue weighted by atomic mass is 79.9. The molecule has 0 radical (unpaired) electrons. The van der Waals surface area contributed by atoms with Gasteiger partial charge in [-0.05, 0) is 40.6 Å². The molecule has 6 nitrogen and oxygen atoms in total. The second-order valence-corrected chi connectivity index (χ2v) is 5.69. The van der Waals surface area contributed by atoms with Gasteiger partial charge in [-0.25, -0.2) is 15.8 Å². The van der Waals surface area contributed by atoms with E-state index < -0.39 is 0 Å². The number of nitrogen functional groups attached to an aromatic ring is 1. The molecule has 1 aliphatic rings. The van der Waals surface area contributed by atoms with Crippen LogP contribution in [0.2, 0.25) is 0 Å². The summed E-state index contributed by atoms with van der Waals surface area (Å²) in [7, 11) is 0. The lowest BCUT2D eigenvalue weighted by atomic mass is 9.79. The van der Waals surface area contributed by atoms with Crippen molar-refractivity contribution in [3.8, 4) is 0 Å². The molecule has 0 aliphatic heterocycles. The third kappa shape index (κ3) is 3.55. The molecule has 0 bridgehead atoms. The first-order valence-corrected chi connectivity index (χ1v) is 7.37. The molecule has 2 rings (SSSR count). The highest BCUT2D eigenvalue weighted by Crippen LogP contribution is 2.31. The Morgan fingerprint density at radius 1 is 1.26 bits per heavy atom. The molecule has 0 spiro atoms. The summed E-state index contributed by atoms with van der Waals surface area (Å²) in [6.45, 7) is 1.08. The van der Waals surface area contributed by atoms with E-state index in [-0.39, 0.29) is 6.61 Å². The van der Waals surface area contributed by atoms with Crippen LogP contribution in [-0.4, -0.2) is 28.2 Å². The summed E-state index contributed by atoms with van der Waals surface area (Å²) in [4.78, 5) is 8.20. The number of halogens is 1. The number of aromatic nitrogens is 2. The average molecular weight is 330 g/mol. The van der Waals surface area contributed by atoms with Crippen LogP contribution in [0.25, 0.3) is 0 Å². The van der Waals surface area contributed by atoms with Crippen molar-refractivity contribution in [1.82, 2.24) is 9.97 Å². The van der Waals surface area contributed by atoms with E-state index in [0.717, 1.165) is 29.7 Å². The van der Waals surface area contributed by atoms with Crippen molar-refractivity contribution < 1.29 is 5.11 Å². The Hall–Kier alpha value is -0.920. The third-order valence-corrected chi connectivity index (χ3v) is 4.51. The van der Waals surface area contributed by atoms with Gasteiger partial charge in [0.05, 0.1) is 0 Å². The summed E-state index contributed by atoms with van der Waals surface area (Å²) < 4.78 is 0.730. The van der Waals surface area contributed by atoms with Crippen LogP contribution in [0.5, 0.6) is 0 Å². The molecule has 1 heterocycles. The molecule has 5 N–H and O–H groups in total. The Labute approximate surface area is 121 Å². The highest BCUT2D eigenvalue weighted by molar-refractivity contribution is 9.10. The molecule has 7 heteroatoms. The summed E-state index contributed by atoms with van der Waals surface area (Å²) >= 11 is 3.42. The number of aliphatic hydroxyl groups is 1.